The van der Waals surface area contributed by atoms with Crippen LogP contribution in [0.25, 0.3) is 0 Å². The molecule has 1 unspecified atom stereocenters. The fourth-order valence-corrected chi connectivity index (χ4v) is 1.41. The highest BCUT2D eigenvalue weighted by atomic mass is 15.1. The second-order valence-corrected chi connectivity index (χ2v) is 4.26. The van der Waals surface area contributed by atoms with E-state index in [-0.39, 0.29) is 0 Å². The Hall–Kier alpha value is -0.0800. The van der Waals surface area contributed by atoms with E-state index in [2.05, 4.69) is 44.8 Å². The molecule has 0 bridgehead atoms. The molecule has 0 N–H and O–H groups in total. The molecule has 0 aliphatic heterocycles. The van der Waals surface area contributed by atoms with Gasteiger partial charge in [-0.25, -0.2) is 0 Å². The molecular weight excluding hydrogens is 160 g/mol. The van der Waals surface area contributed by atoms with Crippen LogP contribution in [0.15, 0.2) is 0 Å². The summed E-state index contributed by atoms with van der Waals surface area (Å²) in [5, 5.41) is 0. The van der Waals surface area contributed by atoms with Gasteiger partial charge in [-0.15, -0.1) is 0 Å². The van der Waals surface area contributed by atoms with Gasteiger partial charge in [-0.2, -0.15) is 0 Å². The van der Waals surface area contributed by atoms with Gasteiger partial charge < -0.3 is 9.80 Å². The van der Waals surface area contributed by atoms with Crippen molar-refractivity contribution in [1.82, 2.24) is 9.80 Å². The summed E-state index contributed by atoms with van der Waals surface area (Å²) in [4.78, 5) is 4.71. The van der Waals surface area contributed by atoms with Gasteiger partial charge in [0.05, 0.1) is 0 Å². The van der Waals surface area contributed by atoms with Gasteiger partial charge in [-0.1, -0.05) is 6.92 Å². The monoisotopic (exact) mass is 186 g/mol. The van der Waals surface area contributed by atoms with E-state index in [0.29, 0.717) is 0 Å². The average Bonchev–Trinajstić information content (AvgIpc) is 2.04. The Bertz CT molecular complexity index is 113. The van der Waals surface area contributed by atoms with E-state index in [1.807, 2.05) is 0 Å². The van der Waals surface area contributed by atoms with Crippen molar-refractivity contribution >= 4 is 0 Å². The van der Waals surface area contributed by atoms with Crippen molar-refractivity contribution < 1.29 is 0 Å². The van der Waals surface area contributed by atoms with E-state index in [1.54, 1.807) is 0 Å². The van der Waals surface area contributed by atoms with Crippen LogP contribution in [0.4, 0.5) is 0 Å². The van der Waals surface area contributed by atoms with Gasteiger partial charge in [0.2, 0.25) is 0 Å². The maximum absolute atomic E-state index is 2.42. The first-order valence-corrected chi connectivity index (χ1v) is 5.43. The van der Waals surface area contributed by atoms with Gasteiger partial charge in [0.15, 0.2) is 0 Å². The van der Waals surface area contributed by atoms with Crippen LogP contribution in [-0.4, -0.2) is 50.1 Å². The molecular formula is C11H26N2. The normalized spacial score (nSPS) is 14.1. The lowest BCUT2D eigenvalue weighted by Crippen LogP contribution is -2.27. The van der Waals surface area contributed by atoms with Gasteiger partial charge >= 0.3 is 0 Å². The standard InChI is InChI=1S/C11H26N2/c1-6-9-13(5)10-7-8-11(2)12(3)4/h11H,6-10H2,1-5H3. The van der Waals surface area contributed by atoms with Gasteiger partial charge in [-0.3, -0.25) is 0 Å². The molecule has 0 radical (unpaired) electrons. The van der Waals surface area contributed by atoms with E-state index in [0.717, 1.165) is 6.04 Å². The molecule has 0 aromatic carbocycles. The van der Waals surface area contributed by atoms with Crippen LogP contribution in [0.2, 0.25) is 0 Å². The van der Waals surface area contributed by atoms with Crippen molar-refractivity contribution in [3.05, 3.63) is 0 Å². The Morgan fingerprint density at radius 2 is 1.69 bits per heavy atom. The molecule has 0 saturated carbocycles. The fraction of sp³-hybridized carbons (Fsp3) is 1.00. The molecule has 1 atom stereocenters. The molecule has 13 heavy (non-hydrogen) atoms. The zero-order valence-electron chi connectivity index (χ0n) is 10.0. The third-order valence-corrected chi connectivity index (χ3v) is 2.65. The Labute approximate surface area is 83.9 Å². The molecule has 0 aromatic heterocycles. The Kier molecular flexibility index (Phi) is 7.29. The Morgan fingerprint density at radius 3 is 2.15 bits per heavy atom. The van der Waals surface area contributed by atoms with E-state index in [4.69, 9.17) is 0 Å². The van der Waals surface area contributed by atoms with Crippen LogP contribution in [-0.2, 0) is 0 Å². The van der Waals surface area contributed by atoms with Crippen LogP contribution in [0, 0.1) is 0 Å². The molecule has 0 heterocycles. The quantitative estimate of drug-likeness (QED) is 0.600. The molecule has 0 aromatic rings. The van der Waals surface area contributed by atoms with Gasteiger partial charge in [-0.05, 0) is 60.4 Å². The fourth-order valence-electron chi connectivity index (χ4n) is 1.41. The summed E-state index contributed by atoms with van der Waals surface area (Å²) < 4.78 is 0. The minimum atomic E-state index is 0.718. The van der Waals surface area contributed by atoms with Gasteiger partial charge in [0.25, 0.3) is 0 Å². The summed E-state index contributed by atoms with van der Waals surface area (Å²) in [5.41, 5.74) is 0. The molecule has 2 nitrogen and oxygen atoms in total. The smallest absolute Gasteiger partial charge is 0.00613 e. The highest BCUT2D eigenvalue weighted by Gasteiger charge is 2.04. The molecule has 0 aliphatic carbocycles. The second-order valence-electron chi connectivity index (χ2n) is 4.26. The molecule has 0 spiro atoms. The number of rotatable bonds is 7. The predicted octanol–water partition coefficient (Wildman–Crippen LogP) is 2.06. The third kappa shape index (κ3) is 7.03. The van der Waals surface area contributed by atoms with E-state index in [1.165, 1.54) is 32.4 Å². The molecule has 2 heteroatoms. The summed E-state index contributed by atoms with van der Waals surface area (Å²) in [5.74, 6) is 0. The molecule has 0 saturated heterocycles. The molecule has 0 rings (SSSR count). The van der Waals surface area contributed by atoms with E-state index >= 15 is 0 Å². The maximum Gasteiger partial charge on any atom is 0.00613 e. The largest absolute Gasteiger partial charge is 0.307 e. The van der Waals surface area contributed by atoms with Crippen molar-refractivity contribution in [2.45, 2.75) is 39.2 Å². The van der Waals surface area contributed by atoms with Gasteiger partial charge in [0, 0.05) is 6.04 Å². The highest BCUT2D eigenvalue weighted by Crippen LogP contribution is 2.02. The summed E-state index contributed by atoms with van der Waals surface area (Å²) in [6, 6.07) is 0.718. The van der Waals surface area contributed by atoms with Crippen molar-refractivity contribution in [2.75, 3.05) is 34.2 Å². The number of hydrogen-bond acceptors (Lipinski definition) is 2. The zero-order valence-corrected chi connectivity index (χ0v) is 10.0. The lowest BCUT2D eigenvalue weighted by atomic mass is 10.1. The predicted molar refractivity (Wildman–Crippen MR) is 60.2 cm³/mol. The zero-order chi connectivity index (χ0) is 10.3. The summed E-state index contributed by atoms with van der Waals surface area (Å²) >= 11 is 0. The van der Waals surface area contributed by atoms with Crippen molar-refractivity contribution in [2.24, 2.45) is 0 Å². The van der Waals surface area contributed by atoms with Crippen LogP contribution in [0.3, 0.4) is 0 Å². The Balaban J connectivity index is 3.33. The van der Waals surface area contributed by atoms with E-state index in [9.17, 15) is 0 Å². The minimum Gasteiger partial charge on any atom is -0.307 e. The van der Waals surface area contributed by atoms with Crippen LogP contribution >= 0.6 is 0 Å². The third-order valence-electron chi connectivity index (χ3n) is 2.65. The Morgan fingerprint density at radius 1 is 1.08 bits per heavy atom. The van der Waals surface area contributed by atoms with Crippen molar-refractivity contribution in [3.63, 3.8) is 0 Å². The molecule has 0 amide bonds. The first-order chi connectivity index (χ1) is 6.07. The maximum atomic E-state index is 2.42. The average molecular weight is 186 g/mol. The SMILES string of the molecule is CCCN(C)CCCC(C)N(C)C. The van der Waals surface area contributed by atoms with Crippen molar-refractivity contribution in [3.8, 4) is 0 Å². The van der Waals surface area contributed by atoms with Crippen molar-refractivity contribution in [1.29, 1.82) is 0 Å². The van der Waals surface area contributed by atoms with Gasteiger partial charge in [0.1, 0.15) is 0 Å². The first kappa shape index (κ1) is 12.9. The number of nitrogens with zero attached hydrogens (tertiary/aromatic N) is 2. The summed E-state index contributed by atoms with van der Waals surface area (Å²) in [7, 11) is 6.52. The van der Waals surface area contributed by atoms with Crippen LogP contribution in [0.1, 0.15) is 33.1 Å². The second kappa shape index (κ2) is 7.34. The highest BCUT2D eigenvalue weighted by molar-refractivity contribution is 4.60. The summed E-state index contributed by atoms with van der Waals surface area (Å²) in [6.07, 6.45) is 3.89. The molecule has 0 fully saturated rings. The first-order valence-electron chi connectivity index (χ1n) is 5.43. The lowest BCUT2D eigenvalue weighted by Gasteiger charge is -2.21. The lowest BCUT2D eigenvalue weighted by molar-refractivity contribution is 0.267. The number of hydrogen-bond donors (Lipinski definition) is 0. The molecule has 0 aliphatic rings. The molecule has 80 valence electrons. The minimum absolute atomic E-state index is 0.718. The van der Waals surface area contributed by atoms with Crippen LogP contribution in [0.5, 0.6) is 0 Å². The van der Waals surface area contributed by atoms with E-state index < -0.39 is 0 Å². The topological polar surface area (TPSA) is 6.48 Å². The summed E-state index contributed by atoms with van der Waals surface area (Å²) in [6.45, 7) is 7.00. The van der Waals surface area contributed by atoms with Crippen LogP contribution < -0.4 is 0 Å².